The average Bonchev–Trinajstić information content (AvgIpc) is 2.68. The van der Waals surface area contributed by atoms with Crippen LogP contribution in [0.1, 0.15) is 0 Å². The number of aliphatic hydroxyl groups is 1. The van der Waals surface area contributed by atoms with Crippen molar-refractivity contribution < 1.29 is 24.5 Å². The molecule has 1 atom stereocenters. The van der Waals surface area contributed by atoms with Gasteiger partial charge in [0.2, 0.25) is 5.66 Å². The van der Waals surface area contributed by atoms with Crippen LogP contribution in [0.15, 0.2) is 36.1 Å². The molecule has 0 aliphatic carbocycles. The zero-order valence-electron chi connectivity index (χ0n) is 10.0. The lowest BCUT2D eigenvalue weighted by Crippen LogP contribution is -2.56. The zero-order valence-corrected chi connectivity index (χ0v) is 10.0. The number of aromatic hydroxyl groups is 1. The Bertz CT molecular complexity index is 569. The number of amides is 1. The molecule has 4 N–H and O–H groups in total. The Kier molecular flexibility index (Phi) is 3.04. The molecule has 1 aromatic carbocycles. The van der Waals surface area contributed by atoms with Gasteiger partial charge in [-0.2, -0.15) is 0 Å². The van der Waals surface area contributed by atoms with Crippen LogP contribution < -0.4 is 10.6 Å². The largest absolute Gasteiger partial charge is 0.506 e. The third-order valence-electron chi connectivity index (χ3n) is 2.64. The van der Waals surface area contributed by atoms with E-state index in [0.29, 0.717) is 0 Å². The number of methoxy groups -OCH3 is 1. The fraction of sp³-hybridized carbons (Fsp3) is 0.167. The van der Waals surface area contributed by atoms with Crippen LogP contribution in [0.5, 0.6) is 5.75 Å². The topological polar surface area (TPSA) is 108 Å². The maximum absolute atomic E-state index is 11.8. The SMILES string of the molecule is COC(=O)C1(Nc2ccccc2O)C=C(O)C(=O)N1. The standard InChI is InChI=1S/C12H12N2O5/c1-19-11(18)12(6-9(16)10(17)14-12)13-7-4-2-3-5-8(7)15/h2-6,13,15-16H,1H3,(H,14,17). The fourth-order valence-corrected chi connectivity index (χ4v) is 1.73. The molecule has 19 heavy (non-hydrogen) atoms. The van der Waals surface area contributed by atoms with Crippen LogP contribution in [-0.2, 0) is 14.3 Å². The van der Waals surface area contributed by atoms with E-state index in [1.165, 1.54) is 12.1 Å². The van der Waals surface area contributed by atoms with Gasteiger partial charge in [-0.05, 0) is 12.1 Å². The summed E-state index contributed by atoms with van der Waals surface area (Å²) >= 11 is 0. The summed E-state index contributed by atoms with van der Waals surface area (Å²) in [6.45, 7) is 0. The summed E-state index contributed by atoms with van der Waals surface area (Å²) in [4.78, 5) is 23.2. The van der Waals surface area contributed by atoms with Gasteiger partial charge in [-0.1, -0.05) is 12.1 Å². The number of benzene rings is 1. The summed E-state index contributed by atoms with van der Waals surface area (Å²) in [5.41, 5.74) is -1.53. The Labute approximate surface area is 108 Å². The summed E-state index contributed by atoms with van der Waals surface area (Å²) in [7, 11) is 1.14. The first-order chi connectivity index (χ1) is 8.98. The van der Waals surface area contributed by atoms with Gasteiger partial charge in [0, 0.05) is 6.08 Å². The second-order valence-corrected chi connectivity index (χ2v) is 3.93. The van der Waals surface area contributed by atoms with Crippen molar-refractivity contribution in [2.24, 2.45) is 0 Å². The molecular formula is C12H12N2O5. The molecule has 1 aliphatic heterocycles. The van der Waals surface area contributed by atoms with Crippen LogP contribution in [0.25, 0.3) is 0 Å². The number of phenolic OH excluding ortho intramolecular Hbond substituents is 1. The summed E-state index contributed by atoms with van der Waals surface area (Å²) in [5, 5.41) is 23.9. The van der Waals surface area contributed by atoms with Crippen molar-refractivity contribution in [3.8, 4) is 5.75 Å². The smallest absolute Gasteiger partial charge is 0.357 e. The Hall–Kier alpha value is -2.70. The lowest BCUT2D eigenvalue weighted by molar-refractivity contribution is -0.146. The van der Waals surface area contributed by atoms with Crippen molar-refractivity contribution in [2.45, 2.75) is 5.66 Å². The maximum atomic E-state index is 11.8. The number of phenols is 1. The van der Waals surface area contributed by atoms with E-state index in [9.17, 15) is 19.8 Å². The summed E-state index contributed by atoms with van der Waals surface area (Å²) in [5.74, 6) is -2.35. The number of hydrogen-bond donors (Lipinski definition) is 4. The van der Waals surface area contributed by atoms with Gasteiger partial charge in [0.05, 0.1) is 12.8 Å². The van der Waals surface area contributed by atoms with Gasteiger partial charge in [-0.15, -0.1) is 0 Å². The van der Waals surface area contributed by atoms with E-state index in [4.69, 9.17) is 0 Å². The molecule has 0 saturated heterocycles. The van der Waals surface area contributed by atoms with Gasteiger partial charge < -0.3 is 25.6 Å². The number of ether oxygens (including phenoxy) is 1. The molecule has 1 aliphatic rings. The Morgan fingerprint density at radius 2 is 2.05 bits per heavy atom. The molecule has 0 aromatic heterocycles. The van der Waals surface area contributed by atoms with E-state index in [-0.39, 0.29) is 11.4 Å². The number of esters is 1. The number of anilines is 1. The van der Waals surface area contributed by atoms with E-state index >= 15 is 0 Å². The number of aliphatic hydroxyl groups excluding tert-OH is 1. The van der Waals surface area contributed by atoms with Crippen LogP contribution in [-0.4, -0.2) is 34.9 Å². The van der Waals surface area contributed by atoms with Gasteiger partial charge in [0.25, 0.3) is 5.91 Å². The van der Waals surface area contributed by atoms with Gasteiger partial charge in [0.1, 0.15) is 5.75 Å². The van der Waals surface area contributed by atoms with Crippen LogP contribution in [0.2, 0.25) is 0 Å². The maximum Gasteiger partial charge on any atom is 0.357 e. The number of rotatable bonds is 3. The molecule has 0 bridgehead atoms. The highest BCUT2D eigenvalue weighted by Gasteiger charge is 2.46. The van der Waals surface area contributed by atoms with Crippen LogP contribution >= 0.6 is 0 Å². The molecule has 0 fully saturated rings. The van der Waals surface area contributed by atoms with E-state index < -0.39 is 23.3 Å². The Morgan fingerprint density at radius 3 is 2.58 bits per heavy atom. The summed E-state index contributed by atoms with van der Waals surface area (Å²) in [6, 6.07) is 6.16. The van der Waals surface area contributed by atoms with E-state index in [2.05, 4.69) is 15.4 Å². The molecule has 0 spiro atoms. The number of para-hydroxylation sites is 2. The van der Waals surface area contributed by atoms with Gasteiger partial charge in [-0.25, -0.2) is 4.79 Å². The van der Waals surface area contributed by atoms with Crippen molar-refractivity contribution in [1.82, 2.24) is 5.32 Å². The predicted molar refractivity (Wildman–Crippen MR) is 65.3 cm³/mol. The number of carbonyl (C=O) groups is 2. The third-order valence-corrected chi connectivity index (χ3v) is 2.64. The molecule has 1 aromatic rings. The van der Waals surface area contributed by atoms with Gasteiger partial charge in [-0.3, -0.25) is 4.79 Å². The van der Waals surface area contributed by atoms with Gasteiger partial charge >= 0.3 is 5.97 Å². The van der Waals surface area contributed by atoms with Crippen molar-refractivity contribution >= 4 is 17.6 Å². The lowest BCUT2D eigenvalue weighted by Gasteiger charge is -2.26. The highest BCUT2D eigenvalue weighted by molar-refractivity contribution is 6.03. The minimum atomic E-state index is -1.74. The molecule has 0 radical (unpaired) electrons. The summed E-state index contributed by atoms with van der Waals surface area (Å²) in [6.07, 6.45) is 0.994. The second kappa shape index (κ2) is 4.52. The summed E-state index contributed by atoms with van der Waals surface area (Å²) < 4.78 is 4.59. The lowest BCUT2D eigenvalue weighted by atomic mass is 10.1. The first-order valence-electron chi connectivity index (χ1n) is 5.37. The molecule has 7 nitrogen and oxygen atoms in total. The highest BCUT2D eigenvalue weighted by atomic mass is 16.5. The quantitative estimate of drug-likeness (QED) is 0.460. The molecular weight excluding hydrogens is 252 g/mol. The van der Waals surface area contributed by atoms with Crippen LogP contribution in [0, 0.1) is 0 Å². The zero-order chi connectivity index (χ0) is 14.0. The van der Waals surface area contributed by atoms with E-state index in [0.717, 1.165) is 13.2 Å². The first kappa shape index (κ1) is 12.7. The number of hydrogen-bond acceptors (Lipinski definition) is 6. The molecule has 1 heterocycles. The third kappa shape index (κ3) is 2.17. The van der Waals surface area contributed by atoms with Gasteiger partial charge in [0.15, 0.2) is 5.76 Å². The molecule has 0 saturated carbocycles. The predicted octanol–water partition coefficient (Wildman–Crippen LogP) is 0.245. The van der Waals surface area contributed by atoms with Crippen molar-refractivity contribution in [3.05, 3.63) is 36.1 Å². The second-order valence-electron chi connectivity index (χ2n) is 3.93. The Morgan fingerprint density at radius 1 is 1.37 bits per heavy atom. The van der Waals surface area contributed by atoms with Crippen LogP contribution in [0.4, 0.5) is 5.69 Å². The number of carbonyl (C=O) groups excluding carboxylic acids is 2. The molecule has 100 valence electrons. The normalized spacial score (nSPS) is 21.5. The minimum Gasteiger partial charge on any atom is -0.506 e. The fourth-order valence-electron chi connectivity index (χ4n) is 1.73. The minimum absolute atomic E-state index is 0.111. The Balaban J connectivity index is 2.39. The van der Waals surface area contributed by atoms with Crippen LogP contribution in [0.3, 0.4) is 0 Å². The molecule has 7 heteroatoms. The molecule has 1 unspecified atom stereocenters. The molecule has 2 rings (SSSR count). The monoisotopic (exact) mass is 264 g/mol. The highest BCUT2D eigenvalue weighted by Crippen LogP contribution is 2.28. The number of nitrogens with one attached hydrogen (secondary N) is 2. The average molecular weight is 264 g/mol. The van der Waals surface area contributed by atoms with Crippen molar-refractivity contribution in [3.63, 3.8) is 0 Å². The molecule has 1 amide bonds. The van der Waals surface area contributed by atoms with E-state index in [1.54, 1.807) is 12.1 Å². The first-order valence-corrected chi connectivity index (χ1v) is 5.37. The van der Waals surface area contributed by atoms with Crippen molar-refractivity contribution in [1.29, 1.82) is 0 Å². The van der Waals surface area contributed by atoms with E-state index in [1.807, 2.05) is 0 Å². The van der Waals surface area contributed by atoms with Crippen molar-refractivity contribution in [2.75, 3.05) is 12.4 Å².